The minimum atomic E-state index is -1.36. The monoisotopic (exact) mass is 688 g/mol. The van der Waals surface area contributed by atoms with Crippen molar-refractivity contribution in [3.05, 3.63) is 83.9 Å². The van der Waals surface area contributed by atoms with Crippen molar-refractivity contribution in [3.63, 3.8) is 0 Å². The summed E-state index contributed by atoms with van der Waals surface area (Å²) in [6, 6.07) is 18.8. The molecule has 2 unspecified atom stereocenters. The van der Waals surface area contributed by atoms with Crippen LogP contribution in [-0.2, 0) is 36.8 Å². The normalized spacial score (nSPS) is 15.0. The highest BCUT2D eigenvalue weighted by Gasteiger charge is 2.33. The Hall–Kier alpha value is -4.77. The number of nitrogens with one attached hydrogen (secondary N) is 4. The maximum absolute atomic E-state index is 13.7. The molecule has 0 aliphatic heterocycles. The molecule has 4 amide bonds. The highest BCUT2D eigenvalue weighted by molar-refractivity contribution is 5.91. The first-order valence-corrected chi connectivity index (χ1v) is 17.3. The van der Waals surface area contributed by atoms with E-state index in [1.54, 1.807) is 20.8 Å². The fourth-order valence-electron chi connectivity index (χ4n) is 5.74. The molecule has 0 aliphatic rings. The smallest absolute Gasteiger partial charge is 0.326 e. The van der Waals surface area contributed by atoms with Crippen LogP contribution in [0.4, 0.5) is 0 Å². The topological polar surface area (TPSA) is 174 Å². The number of aliphatic carboxylic acids is 1. The average Bonchev–Trinajstić information content (AvgIpc) is 3.07. The molecule has 0 radical (unpaired) electrons. The summed E-state index contributed by atoms with van der Waals surface area (Å²) in [5.74, 6) is -4.27. The van der Waals surface area contributed by atoms with Gasteiger partial charge >= 0.3 is 5.97 Å². The van der Waals surface area contributed by atoms with E-state index in [-0.39, 0.29) is 36.5 Å². The molecular formula is C39H52N4O7. The fraction of sp³-hybridized carbons (Fsp3) is 0.462. The summed E-state index contributed by atoms with van der Waals surface area (Å²) in [7, 11) is 0. The Morgan fingerprint density at radius 1 is 0.640 bits per heavy atom. The van der Waals surface area contributed by atoms with Gasteiger partial charge in [0.15, 0.2) is 0 Å². The Kier molecular flexibility index (Phi) is 14.9. The average molecular weight is 689 g/mol. The van der Waals surface area contributed by atoms with Crippen molar-refractivity contribution in [2.24, 2.45) is 17.8 Å². The Bertz CT molecular complexity index is 1610. The van der Waals surface area contributed by atoms with Crippen molar-refractivity contribution in [1.29, 1.82) is 0 Å². The molecule has 0 bridgehead atoms. The summed E-state index contributed by atoms with van der Waals surface area (Å²) < 4.78 is 0. The van der Waals surface area contributed by atoms with E-state index < -0.39 is 60.4 Å². The SMILES string of the molecule is CC[C@H](C)[C@H](NC(=O)C[C@H](O)[C@H](Cc1ccccc1)NC(=O)C(NC(=O)Cc1ccc2ccccc2c1)C(C)C)C(=O)NC(C(=O)O)C(C)C. The number of hydrogen-bond donors (Lipinski definition) is 6. The maximum Gasteiger partial charge on any atom is 0.326 e. The number of carboxylic acids is 1. The first-order chi connectivity index (χ1) is 23.7. The van der Waals surface area contributed by atoms with Crippen molar-refractivity contribution in [3.8, 4) is 0 Å². The third kappa shape index (κ3) is 11.7. The standard InChI is InChI=1S/C39H52N4O7/c1-7-25(6)36(38(48)43-35(24(4)5)39(49)50)42-33(46)22-31(44)30(20-26-13-9-8-10-14-26)40-37(47)34(23(2)3)41-32(45)21-27-17-18-28-15-11-12-16-29(28)19-27/h8-19,23-25,30-31,34-36,44H,7,20-22H2,1-6H3,(H,40,47)(H,41,45)(H,42,46)(H,43,48)(H,49,50)/t25-,30-,31-,34?,35?,36-/m0/s1. The number of benzene rings is 3. The number of hydrogen-bond acceptors (Lipinski definition) is 6. The first kappa shape index (κ1) is 39.7. The molecule has 6 atom stereocenters. The van der Waals surface area contributed by atoms with Crippen molar-refractivity contribution in [2.45, 2.75) is 97.5 Å². The number of aliphatic hydroxyl groups is 1. The van der Waals surface area contributed by atoms with Crippen LogP contribution in [0.3, 0.4) is 0 Å². The fourth-order valence-corrected chi connectivity index (χ4v) is 5.74. The molecule has 50 heavy (non-hydrogen) atoms. The molecule has 11 heteroatoms. The molecule has 0 aromatic heterocycles. The zero-order chi connectivity index (χ0) is 37.0. The number of amides is 4. The van der Waals surface area contributed by atoms with Gasteiger partial charge in [-0.3, -0.25) is 19.2 Å². The molecule has 6 N–H and O–H groups in total. The third-order valence-electron chi connectivity index (χ3n) is 8.97. The van der Waals surface area contributed by atoms with Gasteiger partial charge in [0.25, 0.3) is 0 Å². The molecular weight excluding hydrogens is 636 g/mol. The van der Waals surface area contributed by atoms with Crippen LogP contribution in [0.2, 0.25) is 0 Å². The van der Waals surface area contributed by atoms with Crippen LogP contribution in [-0.4, -0.2) is 70.1 Å². The predicted octanol–water partition coefficient (Wildman–Crippen LogP) is 3.76. The van der Waals surface area contributed by atoms with Gasteiger partial charge in [-0.15, -0.1) is 0 Å². The summed E-state index contributed by atoms with van der Waals surface area (Å²) in [5, 5.41) is 33.9. The molecule has 0 saturated carbocycles. The lowest BCUT2D eigenvalue weighted by atomic mass is 9.95. The number of carbonyl (C=O) groups is 5. The maximum atomic E-state index is 13.7. The Balaban J connectivity index is 1.74. The van der Waals surface area contributed by atoms with E-state index in [0.29, 0.717) is 6.42 Å². The largest absolute Gasteiger partial charge is 0.480 e. The van der Waals surface area contributed by atoms with Crippen molar-refractivity contribution in [1.82, 2.24) is 21.3 Å². The highest BCUT2D eigenvalue weighted by atomic mass is 16.4. The quantitative estimate of drug-likeness (QED) is 0.118. The molecule has 3 aromatic carbocycles. The van der Waals surface area contributed by atoms with Crippen molar-refractivity contribution < 1.29 is 34.2 Å². The van der Waals surface area contributed by atoms with Crippen LogP contribution < -0.4 is 21.3 Å². The van der Waals surface area contributed by atoms with Crippen molar-refractivity contribution >= 4 is 40.4 Å². The second-order valence-corrected chi connectivity index (χ2v) is 13.7. The van der Waals surface area contributed by atoms with Gasteiger partial charge < -0.3 is 31.5 Å². The van der Waals surface area contributed by atoms with Gasteiger partial charge in [0, 0.05) is 0 Å². The van der Waals surface area contributed by atoms with Gasteiger partial charge in [0.1, 0.15) is 18.1 Å². The van der Waals surface area contributed by atoms with Crippen LogP contribution in [0.1, 0.15) is 65.5 Å². The Morgan fingerprint density at radius 2 is 1.22 bits per heavy atom. The van der Waals surface area contributed by atoms with Gasteiger partial charge in [-0.25, -0.2) is 4.79 Å². The number of rotatable bonds is 18. The van der Waals surface area contributed by atoms with E-state index in [4.69, 9.17) is 0 Å². The molecule has 3 aromatic rings. The van der Waals surface area contributed by atoms with Gasteiger partial charge in [0.2, 0.25) is 23.6 Å². The lowest BCUT2D eigenvalue weighted by Crippen LogP contribution is -2.57. The number of aliphatic hydroxyl groups excluding tert-OH is 1. The number of carbonyl (C=O) groups excluding carboxylic acids is 4. The van der Waals surface area contributed by atoms with Crippen molar-refractivity contribution in [2.75, 3.05) is 0 Å². The molecule has 270 valence electrons. The molecule has 0 saturated heterocycles. The van der Waals surface area contributed by atoms with Gasteiger partial charge in [0.05, 0.1) is 25.0 Å². The summed E-state index contributed by atoms with van der Waals surface area (Å²) in [6.45, 7) is 10.6. The van der Waals surface area contributed by atoms with E-state index in [0.717, 1.165) is 21.9 Å². The number of fused-ring (bicyclic) bond motifs is 1. The first-order valence-electron chi connectivity index (χ1n) is 17.3. The van der Waals surface area contributed by atoms with Crippen LogP contribution in [0.15, 0.2) is 72.8 Å². The highest BCUT2D eigenvalue weighted by Crippen LogP contribution is 2.17. The van der Waals surface area contributed by atoms with E-state index in [1.807, 2.05) is 93.6 Å². The molecule has 0 heterocycles. The third-order valence-corrected chi connectivity index (χ3v) is 8.97. The lowest BCUT2D eigenvalue weighted by Gasteiger charge is -2.30. The zero-order valence-corrected chi connectivity index (χ0v) is 29.8. The van der Waals surface area contributed by atoms with E-state index in [1.165, 1.54) is 0 Å². The summed E-state index contributed by atoms with van der Waals surface area (Å²) >= 11 is 0. The minimum absolute atomic E-state index is 0.0763. The van der Waals surface area contributed by atoms with Gasteiger partial charge in [-0.2, -0.15) is 0 Å². The zero-order valence-electron chi connectivity index (χ0n) is 29.8. The molecule has 0 spiro atoms. The lowest BCUT2D eigenvalue weighted by molar-refractivity contribution is -0.143. The second kappa shape index (κ2) is 18.8. The van der Waals surface area contributed by atoms with E-state index >= 15 is 0 Å². The van der Waals surface area contributed by atoms with E-state index in [9.17, 15) is 34.2 Å². The molecule has 11 nitrogen and oxygen atoms in total. The van der Waals surface area contributed by atoms with Crippen LogP contribution >= 0.6 is 0 Å². The summed E-state index contributed by atoms with van der Waals surface area (Å²) in [5.41, 5.74) is 1.61. The van der Waals surface area contributed by atoms with E-state index in [2.05, 4.69) is 21.3 Å². The predicted molar refractivity (Wildman–Crippen MR) is 193 cm³/mol. The van der Waals surface area contributed by atoms with Crippen LogP contribution in [0, 0.1) is 17.8 Å². The number of carboxylic acid groups (broad SMARTS) is 1. The second-order valence-electron chi connectivity index (χ2n) is 13.7. The van der Waals surface area contributed by atoms with Gasteiger partial charge in [-0.1, -0.05) is 121 Å². The van der Waals surface area contributed by atoms with Crippen LogP contribution in [0.25, 0.3) is 10.8 Å². The Labute approximate surface area is 294 Å². The Morgan fingerprint density at radius 3 is 1.82 bits per heavy atom. The summed E-state index contributed by atoms with van der Waals surface area (Å²) in [4.78, 5) is 65.0. The summed E-state index contributed by atoms with van der Waals surface area (Å²) in [6.07, 6.45) is -1.00. The minimum Gasteiger partial charge on any atom is -0.480 e. The molecule has 3 rings (SSSR count). The molecule has 0 fully saturated rings. The van der Waals surface area contributed by atoms with Gasteiger partial charge in [-0.05, 0) is 46.1 Å². The van der Waals surface area contributed by atoms with Crippen LogP contribution in [0.5, 0.6) is 0 Å². The molecule has 0 aliphatic carbocycles.